The van der Waals surface area contributed by atoms with E-state index in [4.69, 9.17) is 5.10 Å². The van der Waals surface area contributed by atoms with Gasteiger partial charge in [-0.15, -0.1) is 0 Å². The maximum atomic E-state index is 4.90. The maximum Gasteiger partial charge on any atom is 0.0729 e. The third-order valence-electron chi connectivity index (χ3n) is 4.33. The molecule has 0 saturated heterocycles. The van der Waals surface area contributed by atoms with Crippen LogP contribution in [0.25, 0.3) is 0 Å². The summed E-state index contributed by atoms with van der Waals surface area (Å²) < 4.78 is 0. The van der Waals surface area contributed by atoms with Crippen LogP contribution < -0.4 is 0 Å². The van der Waals surface area contributed by atoms with E-state index in [2.05, 4.69) is 59.6 Å². The zero-order valence-electron chi connectivity index (χ0n) is 11.5. The van der Waals surface area contributed by atoms with Crippen LogP contribution in [0.4, 0.5) is 0 Å². The zero-order valence-corrected chi connectivity index (χ0v) is 11.5. The van der Waals surface area contributed by atoms with Crippen LogP contribution in [0, 0.1) is 5.92 Å². The molecule has 0 unspecified atom stereocenters. The van der Waals surface area contributed by atoms with Crippen LogP contribution in [0.5, 0.6) is 0 Å². The predicted molar refractivity (Wildman–Crippen MR) is 81.6 cm³/mol. The summed E-state index contributed by atoms with van der Waals surface area (Å²) in [4.78, 5) is 0. The topological polar surface area (TPSA) is 15.6 Å². The third-order valence-corrected chi connectivity index (χ3v) is 4.33. The van der Waals surface area contributed by atoms with Crippen LogP contribution in [0.15, 0.2) is 59.7 Å². The molecule has 0 radical (unpaired) electrons. The Bertz CT molecular complexity index is 645. The number of aryl methyl sites for hydroxylation is 1. The van der Waals surface area contributed by atoms with Crippen molar-refractivity contribution in [2.75, 3.05) is 6.54 Å². The molecule has 0 fully saturated rings. The molecule has 1 aliphatic heterocycles. The fraction of sp³-hybridized carbons (Fsp3) is 0.278. The Balaban J connectivity index is 1.61. The van der Waals surface area contributed by atoms with Crippen molar-refractivity contribution in [3.8, 4) is 0 Å². The highest BCUT2D eigenvalue weighted by atomic mass is 15.5. The number of hydrogen-bond acceptors (Lipinski definition) is 2. The van der Waals surface area contributed by atoms with Crippen molar-refractivity contribution in [1.82, 2.24) is 5.01 Å². The van der Waals surface area contributed by atoms with Gasteiger partial charge in [-0.05, 0) is 24.0 Å². The van der Waals surface area contributed by atoms with Gasteiger partial charge in [0.05, 0.1) is 12.3 Å². The normalized spacial score (nSPS) is 20.3. The lowest BCUT2D eigenvalue weighted by atomic mass is 9.83. The van der Waals surface area contributed by atoms with Gasteiger partial charge >= 0.3 is 0 Å². The summed E-state index contributed by atoms with van der Waals surface area (Å²) in [6.45, 7) is 1.99. The van der Waals surface area contributed by atoms with E-state index < -0.39 is 0 Å². The molecular weight excluding hydrogens is 244 g/mol. The molecule has 4 rings (SSSR count). The summed E-state index contributed by atoms with van der Waals surface area (Å²) in [6.07, 6.45) is 2.43. The molecule has 2 aromatic rings. The largest absolute Gasteiger partial charge is 0.292 e. The van der Waals surface area contributed by atoms with Gasteiger partial charge < -0.3 is 0 Å². The average Bonchev–Trinajstić information content (AvgIpc) is 2.91. The molecule has 2 aromatic carbocycles. The Morgan fingerprint density at radius 3 is 2.70 bits per heavy atom. The van der Waals surface area contributed by atoms with E-state index in [1.165, 1.54) is 35.2 Å². The van der Waals surface area contributed by atoms with Crippen LogP contribution >= 0.6 is 0 Å². The lowest BCUT2D eigenvalue weighted by Gasteiger charge is -2.21. The summed E-state index contributed by atoms with van der Waals surface area (Å²) >= 11 is 0. The number of hydrogen-bond donors (Lipinski definition) is 0. The Labute approximate surface area is 119 Å². The minimum atomic E-state index is 0.619. The highest BCUT2D eigenvalue weighted by Gasteiger charge is 2.31. The molecule has 100 valence electrons. The molecule has 0 amide bonds. The number of fused-ring (bicyclic) bond motifs is 3. The van der Waals surface area contributed by atoms with E-state index in [0.717, 1.165) is 13.1 Å². The molecule has 0 spiro atoms. The SMILES string of the molecule is c1ccc(CN2C[C@@H]3CCc4ccccc4C3=N2)cc1. The molecular formula is C18H18N2. The molecule has 2 heteroatoms. The Kier molecular flexibility index (Phi) is 2.80. The van der Waals surface area contributed by atoms with Gasteiger partial charge in [0.1, 0.15) is 0 Å². The first kappa shape index (κ1) is 11.7. The predicted octanol–water partition coefficient (Wildman–Crippen LogP) is 3.47. The van der Waals surface area contributed by atoms with Crippen molar-refractivity contribution in [3.63, 3.8) is 0 Å². The van der Waals surface area contributed by atoms with Crippen molar-refractivity contribution in [2.45, 2.75) is 19.4 Å². The molecule has 2 nitrogen and oxygen atoms in total. The van der Waals surface area contributed by atoms with E-state index in [-0.39, 0.29) is 0 Å². The van der Waals surface area contributed by atoms with Gasteiger partial charge in [-0.25, -0.2) is 0 Å². The second kappa shape index (κ2) is 4.78. The van der Waals surface area contributed by atoms with E-state index in [1.807, 2.05) is 0 Å². The summed E-state index contributed by atoms with van der Waals surface area (Å²) in [7, 11) is 0. The smallest absolute Gasteiger partial charge is 0.0729 e. The Hall–Kier alpha value is -2.09. The van der Waals surface area contributed by atoms with Gasteiger partial charge in [0, 0.05) is 18.0 Å². The molecule has 1 heterocycles. The minimum Gasteiger partial charge on any atom is -0.292 e. The van der Waals surface area contributed by atoms with Gasteiger partial charge in [-0.3, -0.25) is 5.01 Å². The lowest BCUT2D eigenvalue weighted by molar-refractivity contribution is 0.283. The second-order valence-electron chi connectivity index (χ2n) is 5.71. The molecule has 0 saturated carbocycles. The molecule has 0 bridgehead atoms. The van der Waals surface area contributed by atoms with Crippen LogP contribution in [0.2, 0.25) is 0 Å². The lowest BCUT2D eigenvalue weighted by Crippen LogP contribution is -2.24. The third kappa shape index (κ3) is 2.01. The molecule has 0 aromatic heterocycles. The number of benzene rings is 2. The first-order chi connectivity index (χ1) is 9.90. The van der Waals surface area contributed by atoms with Crippen molar-refractivity contribution < 1.29 is 0 Å². The van der Waals surface area contributed by atoms with E-state index >= 15 is 0 Å². The quantitative estimate of drug-likeness (QED) is 0.809. The highest BCUT2D eigenvalue weighted by molar-refractivity contribution is 6.05. The molecule has 2 aliphatic rings. The fourth-order valence-electron chi connectivity index (χ4n) is 3.33. The standard InChI is InChI=1S/C18H18N2/c1-2-6-14(7-3-1)12-20-13-16-11-10-15-8-4-5-9-17(15)18(16)19-20/h1-9,16H,10-13H2/t16-/m0/s1. The molecule has 0 N–H and O–H groups in total. The van der Waals surface area contributed by atoms with Crippen molar-refractivity contribution in [3.05, 3.63) is 71.3 Å². The molecule has 20 heavy (non-hydrogen) atoms. The van der Waals surface area contributed by atoms with Gasteiger partial charge in [0.15, 0.2) is 0 Å². The monoisotopic (exact) mass is 262 g/mol. The van der Waals surface area contributed by atoms with Gasteiger partial charge in [0.2, 0.25) is 0 Å². The van der Waals surface area contributed by atoms with Crippen LogP contribution in [0.1, 0.15) is 23.1 Å². The summed E-state index contributed by atoms with van der Waals surface area (Å²) in [5.74, 6) is 0.619. The van der Waals surface area contributed by atoms with Crippen molar-refractivity contribution in [2.24, 2.45) is 11.0 Å². The highest BCUT2D eigenvalue weighted by Crippen LogP contribution is 2.31. The van der Waals surface area contributed by atoms with Gasteiger partial charge in [0.25, 0.3) is 0 Å². The Morgan fingerprint density at radius 1 is 1.00 bits per heavy atom. The fourth-order valence-corrected chi connectivity index (χ4v) is 3.33. The first-order valence-corrected chi connectivity index (χ1v) is 7.36. The van der Waals surface area contributed by atoms with Crippen molar-refractivity contribution >= 4 is 5.71 Å². The summed E-state index contributed by atoms with van der Waals surface area (Å²) in [6, 6.07) is 19.4. The van der Waals surface area contributed by atoms with E-state index in [1.54, 1.807) is 0 Å². The minimum absolute atomic E-state index is 0.619. The zero-order chi connectivity index (χ0) is 13.4. The summed E-state index contributed by atoms with van der Waals surface area (Å²) in [5, 5.41) is 7.13. The van der Waals surface area contributed by atoms with E-state index in [0.29, 0.717) is 5.92 Å². The number of nitrogens with zero attached hydrogens (tertiary/aromatic N) is 2. The molecule has 1 aliphatic carbocycles. The van der Waals surface area contributed by atoms with Crippen LogP contribution in [-0.2, 0) is 13.0 Å². The number of hydrazone groups is 1. The van der Waals surface area contributed by atoms with Crippen molar-refractivity contribution in [1.29, 1.82) is 0 Å². The van der Waals surface area contributed by atoms with Gasteiger partial charge in [-0.2, -0.15) is 5.10 Å². The summed E-state index contributed by atoms with van der Waals surface area (Å²) in [5.41, 5.74) is 5.48. The maximum absolute atomic E-state index is 4.90. The molecule has 1 atom stereocenters. The van der Waals surface area contributed by atoms with Crippen LogP contribution in [-0.4, -0.2) is 17.3 Å². The second-order valence-corrected chi connectivity index (χ2v) is 5.71. The number of rotatable bonds is 2. The first-order valence-electron chi connectivity index (χ1n) is 7.36. The van der Waals surface area contributed by atoms with Crippen LogP contribution in [0.3, 0.4) is 0 Å². The average molecular weight is 262 g/mol. The van der Waals surface area contributed by atoms with E-state index in [9.17, 15) is 0 Å². The Morgan fingerprint density at radius 2 is 1.80 bits per heavy atom. The van der Waals surface area contributed by atoms with Gasteiger partial charge in [-0.1, -0.05) is 54.6 Å².